The molecule has 0 aliphatic heterocycles. The monoisotopic (exact) mass is 222 g/mol. The maximum atomic E-state index is 5.75. The maximum absolute atomic E-state index is 5.75. The zero-order valence-electron chi connectivity index (χ0n) is 10.4. The van der Waals surface area contributed by atoms with Crippen LogP contribution in [0.1, 0.15) is 19.4 Å². The molecule has 0 fully saturated rings. The third kappa shape index (κ3) is 4.53. The van der Waals surface area contributed by atoms with E-state index >= 15 is 0 Å². The lowest BCUT2D eigenvalue weighted by molar-refractivity contribution is 0.118. The number of nitrogens with two attached hydrogens (primary N) is 1. The molecule has 0 heterocycles. The van der Waals surface area contributed by atoms with Gasteiger partial charge in [-0.15, -0.1) is 0 Å². The van der Waals surface area contributed by atoms with Crippen molar-refractivity contribution in [3.8, 4) is 0 Å². The first-order valence-electron chi connectivity index (χ1n) is 5.77. The van der Waals surface area contributed by atoms with Crippen LogP contribution in [-0.4, -0.2) is 19.8 Å². The van der Waals surface area contributed by atoms with Gasteiger partial charge >= 0.3 is 0 Å². The van der Waals surface area contributed by atoms with Crippen LogP contribution in [0.15, 0.2) is 18.2 Å². The van der Waals surface area contributed by atoms with Gasteiger partial charge in [0, 0.05) is 24.5 Å². The highest BCUT2D eigenvalue weighted by atomic mass is 16.5. The summed E-state index contributed by atoms with van der Waals surface area (Å²) >= 11 is 0. The summed E-state index contributed by atoms with van der Waals surface area (Å²) < 4.78 is 5.48. The van der Waals surface area contributed by atoms with Gasteiger partial charge in [0.2, 0.25) is 0 Å². The topological polar surface area (TPSA) is 47.3 Å². The van der Waals surface area contributed by atoms with Crippen molar-refractivity contribution in [2.24, 2.45) is 5.92 Å². The Labute approximate surface area is 98.0 Å². The van der Waals surface area contributed by atoms with E-state index in [1.165, 1.54) is 0 Å². The van der Waals surface area contributed by atoms with Gasteiger partial charge < -0.3 is 15.8 Å². The van der Waals surface area contributed by atoms with E-state index < -0.39 is 0 Å². The molecule has 0 radical (unpaired) electrons. The van der Waals surface area contributed by atoms with Crippen LogP contribution < -0.4 is 11.1 Å². The molecule has 0 saturated heterocycles. The second-order valence-corrected chi connectivity index (χ2v) is 4.47. The normalized spacial score (nSPS) is 10.8. The molecule has 0 unspecified atom stereocenters. The molecule has 0 bridgehead atoms. The number of hydrogen-bond donors (Lipinski definition) is 2. The summed E-state index contributed by atoms with van der Waals surface area (Å²) in [5.41, 5.74) is 8.78. The Kier molecular flexibility index (Phi) is 5.12. The van der Waals surface area contributed by atoms with Crippen LogP contribution in [-0.2, 0) is 4.74 Å². The van der Waals surface area contributed by atoms with Crippen LogP contribution in [0.3, 0.4) is 0 Å². The summed E-state index contributed by atoms with van der Waals surface area (Å²) in [5.74, 6) is 0.596. The third-order valence-corrected chi connectivity index (χ3v) is 2.30. The Hall–Kier alpha value is -1.22. The van der Waals surface area contributed by atoms with Gasteiger partial charge in [-0.25, -0.2) is 0 Å². The van der Waals surface area contributed by atoms with E-state index in [1.54, 1.807) is 0 Å². The van der Waals surface area contributed by atoms with Gasteiger partial charge in [-0.3, -0.25) is 0 Å². The fourth-order valence-corrected chi connectivity index (χ4v) is 1.37. The zero-order chi connectivity index (χ0) is 12.0. The lowest BCUT2D eigenvalue weighted by atomic mass is 10.2. The molecule has 0 aliphatic carbocycles. The molecule has 3 heteroatoms. The minimum Gasteiger partial charge on any atom is -0.399 e. The van der Waals surface area contributed by atoms with E-state index in [1.807, 2.05) is 19.1 Å². The van der Waals surface area contributed by atoms with Gasteiger partial charge in [0.25, 0.3) is 0 Å². The summed E-state index contributed by atoms with van der Waals surface area (Å²) in [6.07, 6.45) is 0. The highest BCUT2D eigenvalue weighted by Gasteiger charge is 1.97. The molecule has 0 amide bonds. The van der Waals surface area contributed by atoms with Crippen LogP contribution in [0.4, 0.5) is 11.4 Å². The first-order chi connectivity index (χ1) is 7.59. The Bertz CT molecular complexity index is 324. The molecule has 0 aliphatic rings. The predicted octanol–water partition coefficient (Wildman–Crippen LogP) is 2.66. The number of rotatable bonds is 6. The summed E-state index contributed by atoms with van der Waals surface area (Å²) in [4.78, 5) is 0. The van der Waals surface area contributed by atoms with E-state index in [2.05, 4.69) is 25.2 Å². The molecule has 0 saturated carbocycles. The number of aryl methyl sites for hydroxylation is 1. The highest BCUT2D eigenvalue weighted by Crippen LogP contribution is 2.16. The molecule has 1 aromatic carbocycles. The molecule has 90 valence electrons. The Morgan fingerprint density at radius 2 is 2.12 bits per heavy atom. The van der Waals surface area contributed by atoms with Crippen LogP contribution >= 0.6 is 0 Å². The number of hydrogen-bond acceptors (Lipinski definition) is 3. The molecule has 3 nitrogen and oxygen atoms in total. The van der Waals surface area contributed by atoms with Crippen LogP contribution in [0, 0.1) is 12.8 Å². The second kappa shape index (κ2) is 6.38. The lowest BCUT2D eigenvalue weighted by Crippen LogP contribution is -2.12. The molecule has 3 N–H and O–H groups in total. The average Bonchev–Trinajstić information content (AvgIpc) is 2.22. The minimum atomic E-state index is 0.596. The van der Waals surface area contributed by atoms with Gasteiger partial charge in [0.15, 0.2) is 0 Å². The summed E-state index contributed by atoms with van der Waals surface area (Å²) in [5, 5.41) is 3.31. The molecule has 16 heavy (non-hydrogen) atoms. The van der Waals surface area contributed by atoms with Crippen molar-refractivity contribution in [1.82, 2.24) is 0 Å². The van der Waals surface area contributed by atoms with Gasteiger partial charge in [-0.1, -0.05) is 13.8 Å². The first-order valence-corrected chi connectivity index (χ1v) is 5.77. The van der Waals surface area contributed by atoms with Crippen molar-refractivity contribution < 1.29 is 4.74 Å². The van der Waals surface area contributed by atoms with Crippen LogP contribution in [0.2, 0.25) is 0 Å². The number of nitrogens with one attached hydrogen (secondary N) is 1. The highest BCUT2D eigenvalue weighted by molar-refractivity contribution is 5.56. The quantitative estimate of drug-likeness (QED) is 0.574. The Morgan fingerprint density at radius 3 is 2.75 bits per heavy atom. The van der Waals surface area contributed by atoms with E-state index in [0.29, 0.717) is 5.92 Å². The second-order valence-electron chi connectivity index (χ2n) is 4.47. The van der Waals surface area contributed by atoms with Crippen LogP contribution in [0.5, 0.6) is 0 Å². The van der Waals surface area contributed by atoms with E-state index in [9.17, 15) is 0 Å². The van der Waals surface area contributed by atoms with E-state index in [4.69, 9.17) is 10.5 Å². The molecule has 0 aromatic heterocycles. The van der Waals surface area contributed by atoms with Gasteiger partial charge in [-0.2, -0.15) is 0 Å². The number of benzene rings is 1. The van der Waals surface area contributed by atoms with Gasteiger partial charge in [0.1, 0.15) is 0 Å². The summed E-state index contributed by atoms with van der Waals surface area (Å²) in [7, 11) is 0. The number of nitrogen functional groups attached to an aromatic ring is 1. The SMILES string of the molecule is Cc1cc(NCCOCC(C)C)ccc1N. The van der Waals surface area contributed by atoms with Crippen molar-refractivity contribution in [2.75, 3.05) is 30.8 Å². The van der Waals surface area contributed by atoms with Gasteiger partial charge in [-0.05, 0) is 36.6 Å². The summed E-state index contributed by atoms with van der Waals surface area (Å²) in [6.45, 7) is 8.70. The number of anilines is 2. The van der Waals surface area contributed by atoms with Crippen molar-refractivity contribution in [3.05, 3.63) is 23.8 Å². The molecule has 1 rings (SSSR count). The Balaban J connectivity index is 2.24. The van der Waals surface area contributed by atoms with Crippen molar-refractivity contribution >= 4 is 11.4 Å². The smallest absolute Gasteiger partial charge is 0.0639 e. The Morgan fingerprint density at radius 1 is 1.38 bits per heavy atom. The van der Waals surface area contributed by atoms with Crippen molar-refractivity contribution in [3.63, 3.8) is 0 Å². The van der Waals surface area contributed by atoms with E-state index in [0.717, 1.165) is 36.7 Å². The molecule has 1 aromatic rings. The fraction of sp³-hybridized carbons (Fsp3) is 0.538. The minimum absolute atomic E-state index is 0.596. The predicted molar refractivity (Wildman–Crippen MR) is 69.7 cm³/mol. The maximum Gasteiger partial charge on any atom is 0.0639 e. The number of ether oxygens (including phenoxy) is 1. The largest absolute Gasteiger partial charge is 0.399 e. The molecule has 0 spiro atoms. The molecule has 0 atom stereocenters. The zero-order valence-corrected chi connectivity index (χ0v) is 10.4. The fourth-order valence-electron chi connectivity index (χ4n) is 1.37. The van der Waals surface area contributed by atoms with E-state index in [-0.39, 0.29) is 0 Å². The average molecular weight is 222 g/mol. The third-order valence-electron chi connectivity index (χ3n) is 2.30. The van der Waals surface area contributed by atoms with Gasteiger partial charge in [0.05, 0.1) is 6.61 Å². The van der Waals surface area contributed by atoms with Crippen molar-refractivity contribution in [1.29, 1.82) is 0 Å². The van der Waals surface area contributed by atoms with Crippen LogP contribution in [0.25, 0.3) is 0 Å². The molecular weight excluding hydrogens is 200 g/mol. The lowest BCUT2D eigenvalue weighted by Gasteiger charge is -2.10. The first kappa shape index (κ1) is 12.8. The molecular formula is C13H22N2O. The standard InChI is InChI=1S/C13H22N2O/c1-10(2)9-16-7-6-15-12-4-5-13(14)11(3)8-12/h4-5,8,10,15H,6-7,9,14H2,1-3H3. The van der Waals surface area contributed by atoms with Crippen molar-refractivity contribution in [2.45, 2.75) is 20.8 Å². The summed E-state index contributed by atoms with van der Waals surface area (Å²) in [6, 6.07) is 5.97.